The SMILES string of the molecule is CC1CN(c2nc3ccccc3c3nnc(-c4ccc(Cl)cc4)n23)CCN1C(=O)c1cccs1. The third-order valence-electron chi connectivity index (χ3n) is 6.23. The molecule has 0 radical (unpaired) electrons. The number of carbonyl (C=O) groups excluding carboxylic acids is 1. The van der Waals surface area contributed by atoms with Crippen molar-refractivity contribution in [2.45, 2.75) is 13.0 Å². The van der Waals surface area contributed by atoms with Crippen LogP contribution in [-0.4, -0.2) is 56.1 Å². The Balaban J connectivity index is 1.44. The van der Waals surface area contributed by atoms with Gasteiger partial charge in [-0.2, -0.15) is 0 Å². The number of hydrogen-bond acceptors (Lipinski definition) is 6. The van der Waals surface area contributed by atoms with Crippen LogP contribution in [0.5, 0.6) is 0 Å². The molecule has 9 heteroatoms. The summed E-state index contributed by atoms with van der Waals surface area (Å²) in [6.45, 7) is 4.03. The van der Waals surface area contributed by atoms with E-state index in [1.165, 1.54) is 11.3 Å². The number of halogens is 1. The third-order valence-corrected chi connectivity index (χ3v) is 7.34. The second kappa shape index (κ2) is 8.38. The molecule has 0 saturated carbocycles. The average molecular weight is 489 g/mol. The van der Waals surface area contributed by atoms with E-state index in [0.29, 0.717) is 30.5 Å². The minimum atomic E-state index is 0.0298. The van der Waals surface area contributed by atoms with Crippen molar-refractivity contribution in [1.82, 2.24) is 24.5 Å². The van der Waals surface area contributed by atoms with Gasteiger partial charge in [0.25, 0.3) is 5.91 Å². The van der Waals surface area contributed by atoms with Crippen LogP contribution in [0.4, 0.5) is 5.95 Å². The normalized spacial score (nSPS) is 16.5. The van der Waals surface area contributed by atoms with Gasteiger partial charge in [0, 0.05) is 41.6 Å². The second-order valence-corrected chi connectivity index (χ2v) is 9.77. The Labute approximate surface area is 205 Å². The lowest BCUT2D eigenvalue weighted by atomic mass is 10.1. The Morgan fingerprint density at radius 2 is 1.85 bits per heavy atom. The monoisotopic (exact) mass is 488 g/mol. The molecule has 5 aromatic rings. The van der Waals surface area contributed by atoms with E-state index in [0.717, 1.165) is 32.9 Å². The first-order valence-corrected chi connectivity index (χ1v) is 12.3. The number of hydrogen-bond donors (Lipinski definition) is 0. The molecule has 3 aromatic heterocycles. The fourth-order valence-corrected chi connectivity index (χ4v) is 5.35. The van der Waals surface area contributed by atoms with Gasteiger partial charge in [0.15, 0.2) is 11.5 Å². The van der Waals surface area contributed by atoms with Crippen LogP contribution in [0.2, 0.25) is 5.02 Å². The molecule has 1 atom stereocenters. The van der Waals surface area contributed by atoms with Crippen LogP contribution in [0.25, 0.3) is 27.9 Å². The summed E-state index contributed by atoms with van der Waals surface area (Å²) < 4.78 is 2.02. The van der Waals surface area contributed by atoms with Gasteiger partial charge in [0.2, 0.25) is 5.95 Å². The Morgan fingerprint density at radius 3 is 2.62 bits per heavy atom. The first-order valence-electron chi connectivity index (χ1n) is 11.1. The minimum absolute atomic E-state index is 0.0298. The molecular weight excluding hydrogens is 468 g/mol. The highest BCUT2D eigenvalue weighted by atomic mass is 35.5. The van der Waals surface area contributed by atoms with Crippen molar-refractivity contribution in [2.75, 3.05) is 24.5 Å². The number of amides is 1. The van der Waals surface area contributed by atoms with E-state index in [4.69, 9.17) is 16.6 Å². The first kappa shape index (κ1) is 21.1. The molecular formula is C25H21ClN6OS. The third kappa shape index (κ3) is 3.50. The minimum Gasteiger partial charge on any atom is -0.338 e. The fourth-order valence-electron chi connectivity index (χ4n) is 4.55. The zero-order chi connectivity index (χ0) is 23.2. The van der Waals surface area contributed by atoms with Crippen LogP contribution in [0.3, 0.4) is 0 Å². The van der Waals surface area contributed by atoms with Crippen molar-refractivity contribution in [3.8, 4) is 11.4 Å². The lowest BCUT2D eigenvalue weighted by Gasteiger charge is -2.40. The molecule has 2 aromatic carbocycles. The van der Waals surface area contributed by atoms with Gasteiger partial charge in [0.1, 0.15) is 0 Å². The van der Waals surface area contributed by atoms with E-state index in [9.17, 15) is 4.79 Å². The highest BCUT2D eigenvalue weighted by Gasteiger charge is 2.31. The number of rotatable bonds is 3. The summed E-state index contributed by atoms with van der Waals surface area (Å²) in [5, 5.41) is 12.6. The number of piperazine rings is 1. The fraction of sp³-hybridized carbons (Fsp3) is 0.200. The topological polar surface area (TPSA) is 66.6 Å². The molecule has 1 aliphatic heterocycles. The molecule has 1 fully saturated rings. The Hall–Kier alpha value is -3.49. The molecule has 34 heavy (non-hydrogen) atoms. The van der Waals surface area contributed by atoms with Crippen molar-refractivity contribution >= 4 is 51.3 Å². The van der Waals surface area contributed by atoms with E-state index in [1.54, 1.807) is 0 Å². The maximum absolute atomic E-state index is 13.0. The van der Waals surface area contributed by atoms with Crippen molar-refractivity contribution in [2.24, 2.45) is 0 Å². The van der Waals surface area contributed by atoms with Crippen LogP contribution in [-0.2, 0) is 0 Å². The van der Waals surface area contributed by atoms with Gasteiger partial charge in [0.05, 0.1) is 10.4 Å². The number of fused-ring (bicyclic) bond motifs is 3. The molecule has 1 saturated heterocycles. The molecule has 1 unspecified atom stereocenters. The predicted molar refractivity (Wildman–Crippen MR) is 136 cm³/mol. The zero-order valence-electron chi connectivity index (χ0n) is 18.4. The Morgan fingerprint density at radius 1 is 1.03 bits per heavy atom. The zero-order valence-corrected chi connectivity index (χ0v) is 20.0. The number of thiophene rings is 1. The van der Waals surface area contributed by atoms with Gasteiger partial charge in [-0.3, -0.25) is 4.79 Å². The van der Waals surface area contributed by atoms with E-state index >= 15 is 0 Å². The molecule has 170 valence electrons. The number of anilines is 1. The largest absolute Gasteiger partial charge is 0.338 e. The highest BCUT2D eigenvalue weighted by Crippen LogP contribution is 2.30. The Kier molecular flexibility index (Phi) is 5.19. The van der Waals surface area contributed by atoms with Gasteiger partial charge < -0.3 is 9.80 Å². The van der Waals surface area contributed by atoms with Crippen molar-refractivity contribution in [3.05, 3.63) is 75.9 Å². The predicted octanol–water partition coefficient (Wildman–Crippen LogP) is 5.01. The smallest absolute Gasteiger partial charge is 0.264 e. The molecule has 0 spiro atoms. The molecule has 7 nitrogen and oxygen atoms in total. The van der Waals surface area contributed by atoms with E-state index < -0.39 is 0 Å². The van der Waals surface area contributed by atoms with Crippen LogP contribution >= 0.6 is 22.9 Å². The molecule has 4 heterocycles. The summed E-state index contributed by atoms with van der Waals surface area (Å²) in [7, 11) is 0. The standard InChI is InChI=1S/C25H21ClN6OS/c1-16-15-30(12-13-31(16)24(33)21-7-4-14-34-21)25-27-20-6-3-2-5-19(20)23-29-28-22(32(23)25)17-8-10-18(26)11-9-17/h2-11,14,16H,12-13,15H2,1H3. The maximum Gasteiger partial charge on any atom is 0.264 e. The lowest BCUT2D eigenvalue weighted by Crippen LogP contribution is -2.54. The molecule has 0 aliphatic carbocycles. The van der Waals surface area contributed by atoms with Crippen LogP contribution in [0.15, 0.2) is 66.0 Å². The van der Waals surface area contributed by atoms with Crippen molar-refractivity contribution in [3.63, 3.8) is 0 Å². The van der Waals surface area contributed by atoms with Crippen molar-refractivity contribution in [1.29, 1.82) is 0 Å². The molecule has 6 rings (SSSR count). The van der Waals surface area contributed by atoms with Crippen LogP contribution < -0.4 is 4.90 Å². The summed E-state index contributed by atoms with van der Waals surface area (Å²) in [6.07, 6.45) is 0. The summed E-state index contributed by atoms with van der Waals surface area (Å²) in [5.74, 6) is 1.58. The first-order chi connectivity index (χ1) is 16.6. The number of carbonyl (C=O) groups is 1. The number of nitrogens with zero attached hydrogens (tertiary/aromatic N) is 6. The molecule has 0 bridgehead atoms. The number of aromatic nitrogens is 4. The quantitative estimate of drug-likeness (QED) is 0.357. The van der Waals surface area contributed by atoms with Gasteiger partial charge in [-0.25, -0.2) is 9.38 Å². The molecule has 0 N–H and O–H groups in total. The lowest BCUT2D eigenvalue weighted by molar-refractivity contribution is 0.0678. The van der Waals surface area contributed by atoms with Crippen molar-refractivity contribution < 1.29 is 4.79 Å². The summed E-state index contributed by atoms with van der Waals surface area (Å²) in [5.41, 5.74) is 2.54. The molecule has 1 aliphatic rings. The maximum atomic E-state index is 13.0. The number of benzene rings is 2. The van der Waals surface area contributed by atoms with Gasteiger partial charge in [-0.1, -0.05) is 29.8 Å². The summed E-state index contributed by atoms with van der Waals surface area (Å²) in [6, 6.07) is 19.4. The van der Waals surface area contributed by atoms with E-state index in [1.807, 2.05) is 75.3 Å². The van der Waals surface area contributed by atoms with Crippen LogP contribution in [0.1, 0.15) is 16.6 Å². The second-order valence-electron chi connectivity index (χ2n) is 8.39. The van der Waals surface area contributed by atoms with Gasteiger partial charge >= 0.3 is 0 Å². The van der Waals surface area contributed by atoms with E-state index in [-0.39, 0.29) is 11.9 Å². The van der Waals surface area contributed by atoms with Gasteiger partial charge in [-0.15, -0.1) is 21.5 Å². The Bertz CT molecular complexity index is 1500. The van der Waals surface area contributed by atoms with E-state index in [2.05, 4.69) is 22.0 Å². The van der Waals surface area contributed by atoms with Gasteiger partial charge in [-0.05, 0) is 54.8 Å². The number of para-hydroxylation sites is 1. The molecule has 1 amide bonds. The summed E-state index contributed by atoms with van der Waals surface area (Å²) >= 11 is 7.60. The average Bonchev–Trinajstić information content (AvgIpc) is 3.55. The van der Waals surface area contributed by atoms with Crippen LogP contribution in [0, 0.1) is 0 Å². The highest BCUT2D eigenvalue weighted by molar-refractivity contribution is 7.12. The summed E-state index contributed by atoms with van der Waals surface area (Å²) in [4.78, 5) is 23.0.